The SMILES string of the molecule is O=C(NCCCc1ccccc1)C1Cc2ccccc2CN1S(=O)(=O)c1cccs1. The van der Waals surface area contributed by atoms with Gasteiger partial charge in [0.15, 0.2) is 0 Å². The van der Waals surface area contributed by atoms with Gasteiger partial charge in [-0.1, -0.05) is 60.7 Å². The van der Waals surface area contributed by atoms with Gasteiger partial charge in [0.2, 0.25) is 5.91 Å². The number of sulfonamides is 1. The number of hydrogen-bond donors (Lipinski definition) is 1. The van der Waals surface area contributed by atoms with E-state index in [1.54, 1.807) is 17.5 Å². The molecule has 0 saturated carbocycles. The summed E-state index contributed by atoms with van der Waals surface area (Å²) in [7, 11) is -3.74. The molecule has 0 radical (unpaired) electrons. The number of aryl methyl sites for hydroxylation is 1. The summed E-state index contributed by atoms with van der Waals surface area (Å²) >= 11 is 1.18. The molecule has 0 spiro atoms. The Bertz CT molecular complexity index is 1100. The fraction of sp³-hybridized carbons (Fsp3) is 0.261. The van der Waals surface area contributed by atoms with E-state index in [0.29, 0.717) is 13.0 Å². The zero-order valence-corrected chi connectivity index (χ0v) is 18.2. The summed E-state index contributed by atoms with van der Waals surface area (Å²) in [5, 5.41) is 4.70. The smallest absolute Gasteiger partial charge is 0.253 e. The molecule has 0 fully saturated rings. The second kappa shape index (κ2) is 9.12. The van der Waals surface area contributed by atoms with E-state index in [4.69, 9.17) is 0 Å². The van der Waals surface area contributed by atoms with Crippen LogP contribution in [0.2, 0.25) is 0 Å². The Morgan fingerprint density at radius 3 is 2.47 bits per heavy atom. The number of rotatable bonds is 7. The van der Waals surface area contributed by atoms with Crippen LogP contribution in [-0.2, 0) is 34.2 Å². The molecule has 1 amide bonds. The highest BCUT2D eigenvalue weighted by Gasteiger charge is 2.39. The summed E-state index contributed by atoms with van der Waals surface area (Å²) in [5.41, 5.74) is 3.20. The Labute approximate surface area is 181 Å². The molecule has 0 aliphatic carbocycles. The minimum Gasteiger partial charge on any atom is -0.355 e. The monoisotopic (exact) mass is 440 g/mol. The van der Waals surface area contributed by atoms with Crippen LogP contribution in [0.4, 0.5) is 0 Å². The van der Waals surface area contributed by atoms with E-state index in [1.165, 1.54) is 21.2 Å². The number of thiophene rings is 1. The van der Waals surface area contributed by atoms with Gasteiger partial charge in [0, 0.05) is 13.1 Å². The molecule has 1 aliphatic rings. The molecule has 1 atom stereocenters. The fourth-order valence-electron chi connectivity index (χ4n) is 3.77. The summed E-state index contributed by atoms with van der Waals surface area (Å²) in [4.78, 5) is 13.0. The fourth-order valence-corrected chi connectivity index (χ4v) is 6.45. The predicted octanol–water partition coefficient (Wildman–Crippen LogP) is 3.61. The standard InChI is InChI=1S/C23H24N2O3S2/c26-23(24-14-6-10-18-8-2-1-3-9-18)21-16-19-11-4-5-12-20(19)17-25(21)30(27,28)22-13-7-15-29-22/h1-5,7-9,11-13,15,21H,6,10,14,16-17H2,(H,24,26). The molecule has 2 heterocycles. The summed E-state index contributed by atoms with van der Waals surface area (Å²) in [5.74, 6) is -0.238. The number of fused-ring (bicyclic) bond motifs is 1. The lowest BCUT2D eigenvalue weighted by Gasteiger charge is -2.34. The average molecular weight is 441 g/mol. The third kappa shape index (κ3) is 4.48. The molecule has 7 heteroatoms. The van der Waals surface area contributed by atoms with Crippen molar-refractivity contribution in [2.75, 3.05) is 6.54 Å². The Balaban J connectivity index is 1.49. The molecule has 3 aromatic rings. The second-order valence-corrected chi connectivity index (χ2v) is 10.4. The number of amides is 1. The van der Waals surface area contributed by atoms with Gasteiger partial charge in [0.25, 0.3) is 10.0 Å². The molecule has 156 valence electrons. The van der Waals surface area contributed by atoms with Gasteiger partial charge in [0.1, 0.15) is 10.3 Å². The maximum absolute atomic E-state index is 13.2. The van der Waals surface area contributed by atoms with E-state index in [-0.39, 0.29) is 16.7 Å². The van der Waals surface area contributed by atoms with Crippen LogP contribution in [0, 0.1) is 0 Å². The molecule has 0 saturated heterocycles. The van der Waals surface area contributed by atoms with Crippen LogP contribution in [0.15, 0.2) is 76.3 Å². The van der Waals surface area contributed by atoms with Crippen LogP contribution >= 0.6 is 11.3 Å². The predicted molar refractivity (Wildman–Crippen MR) is 119 cm³/mol. The molecule has 5 nitrogen and oxygen atoms in total. The van der Waals surface area contributed by atoms with Crippen LogP contribution in [-0.4, -0.2) is 31.2 Å². The van der Waals surface area contributed by atoms with Crippen molar-refractivity contribution in [1.82, 2.24) is 9.62 Å². The van der Waals surface area contributed by atoms with Crippen LogP contribution in [0.1, 0.15) is 23.1 Å². The van der Waals surface area contributed by atoms with Crippen LogP contribution in [0.3, 0.4) is 0 Å². The lowest BCUT2D eigenvalue weighted by atomic mass is 9.95. The van der Waals surface area contributed by atoms with Gasteiger partial charge in [-0.25, -0.2) is 8.42 Å². The second-order valence-electron chi connectivity index (χ2n) is 7.35. The van der Waals surface area contributed by atoms with E-state index < -0.39 is 16.1 Å². The van der Waals surface area contributed by atoms with Crippen molar-refractivity contribution in [2.45, 2.75) is 36.1 Å². The van der Waals surface area contributed by atoms with E-state index in [1.807, 2.05) is 42.5 Å². The Hall–Kier alpha value is -2.48. The quantitative estimate of drug-likeness (QED) is 0.571. The normalized spacial score (nSPS) is 16.7. The molecule has 30 heavy (non-hydrogen) atoms. The van der Waals surface area contributed by atoms with Crippen molar-refractivity contribution >= 4 is 27.3 Å². The Morgan fingerprint density at radius 1 is 1.00 bits per heavy atom. The van der Waals surface area contributed by atoms with Crippen molar-refractivity contribution in [3.63, 3.8) is 0 Å². The highest BCUT2D eigenvalue weighted by atomic mass is 32.2. The lowest BCUT2D eigenvalue weighted by Crippen LogP contribution is -2.52. The number of nitrogens with one attached hydrogen (secondary N) is 1. The first-order valence-electron chi connectivity index (χ1n) is 9.99. The number of carbonyl (C=O) groups is 1. The molecule has 2 aromatic carbocycles. The summed E-state index contributed by atoms with van der Waals surface area (Å²) in [6.45, 7) is 0.720. The zero-order chi connectivity index (χ0) is 21.0. The van der Waals surface area contributed by atoms with E-state index in [0.717, 1.165) is 24.0 Å². The van der Waals surface area contributed by atoms with Gasteiger partial charge < -0.3 is 5.32 Å². The minimum atomic E-state index is -3.74. The van der Waals surface area contributed by atoms with Gasteiger partial charge in [-0.15, -0.1) is 11.3 Å². The average Bonchev–Trinajstić information content (AvgIpc) is 3.32. The molecule has 4 rings (SSSR count). The molecular weight excluding hydrogens is 416 g/mol. The van der Waals surface area contributed by atoms with Crippen LogP contribution < -0.4 is 5.32 Å². The summed E-state index contributed by atoms with van der Waals surface area (Å²) < 4.78 is 28.1. The van der Waals surface area contributed by atoms with Gasteiger partial charge in [-0.3, -0.25) is 4.79 Å². The Morgan fingerprint density at radius 2 is 1.73 bits per heavy atom. The first-order chi connectivity index (χ1) is 14.6. The number of hydrogen-bond acceptors (Lipinski definition) is 4. The van der Waals surface area contributed by atoms with Gasteiger partial charge in [-0.2, -0.15) is 4.31 Å². The van der Waals surface area contributed by atoms with E-state index in [9.17, 15) is 13.2 Å². The van der Waals surface area contributed by atoms with E-state index >= 15 is 0 Å². The van der Waals surface area contributed by atoms with E-state index in [2.05, 4.69) is 17.4 Å². The molecular formula is C23H24N2O3S2. The third-order valence-electron chi connectivity index (χ3n) is 5.35. The summed E-state index contributed by atoms with van der Waals surface area (Å²) in [6.07, 6.45) is 2.05. The zero-order valence-electron chi connectivity index (χ0n) is 16.5. The number of benzene rings is 2. The van der Waals surface area contributed by atoms with Crippen LogP contribution in [0.25, 0.3) is 0 Å². The van der Waals surface area contributed by atoms with Crippen molar-refractivity contribution in [2.24, 2.45) is 0 Å². The van der Waals surface area contributed by atoms with Crippen molar-refractivity contribution < 1.29 is 13.2 Å². The molecule has 0 bridgehead atoms. The third-order valence-corrected chi connectivity index (χ3v) is 8.58. The summed E-state index contributed by atoms with van der Waals surface area (Å²) in [6, 6.07) is 20.4. The van der Waals surface area contributed by atoms with Gasteiger partial charge >= 0.3 is 0 Å². The molecule has 1 unspecified atom stereocenters. The first-order valence-corrected chi connectivity index (χ1v) is 12.3. The Kier molecular flexibility index (Phi) is 6.32. The van der Waals surface area contributed by atoms with Crippen LogP contribution in [0.5, 0.6) is 0 Å². The molecule has 1 N–H and O–H groups in total. The van der Waals surface area contributed by atoms with Crippen molar-refractivity contribution in [1.29, 1.82) is 0 Å². The number of nitrogens with zero attached hydrogens (tertiary/aromatic N) is 1. The highest BCUT2D eigenvalue weighted by molar-refractivity contribution is 7.91. The van der Waals surface area contributed by atoms with Gasteiger partial charge in [-0.05, 0) is 47.4 Å². The maximum Gasteiger partial charge on any atom is 0.253 e. The molecule has 1 aliphatic heterocycles. The maximum atomic E-state index is 13.2. The first kappa shape index (κ1) is 20.8. The highest BCUT2D eigenvalue weighted by Crippen LogP contribution is 2.30. The largest absolute Gasteiger partial charge is 0.355 e. The number of carbonyl (C=O) groups excluding carboxylic acids is 1. The minimum absolute atomic E-state index is 0.207. The molecule has 1 aromatic heterocycles. The van der Waals surface area contributed by atoms with Crippen molar-refractivity contribution in [3.8, 4) is 0 Å². The lowest BCUT2D eigenvalue weighted by molar-refractivity contribution is -0.125. The van der Waals surface area contributed by atoms with Crippen molar-refractivity contribution in [3.05, 3.63) is 88.8 Å². The topological polar surface area (TPSA) is 66.5 Å². The van der Waals surface area contributed by atoms with Gasteiger partial charge in [0.05, 0.1) is 0 Å².